The van der Waals surface area contributed by atoms with Crippen LogP contribution in [0.1, 0.15) is 56.2 Å². The van der Waals surface area contributed by atoms with Crippen LogP contribution in [-0.4, -0.2) is 60.8 Å². The fourth-order valence-electron chi connectivity index (χ4n) is 5.70. The van der Waals surface area contributed by atoms with Crippen molar-refractivity contribution in [2.45, 2.75) is 75.7 Å². The molecule has 1 saturated heterocycles. The average molecular weight is 536 g/mol. The molecule has 1 saturated carbocycles. The fourth-order valence-corrected chi connectivity index (χ4v) is 7.06. The molecule has 1 amide bonds. The molecule has 1 aliphatic heterocycles. The standard InChI is InChI=1S/C27H35F2N3O4S/c1-16(2)19-6-5-7-20(11-19)27(13-24-25(14-27)32(24)37(4,35)36)30-15-26(34)23(31-17(3)33)10-18-8-21(28)12-22(29)9-18/h5-9,11-12,16,23-26,30,34H,10,13-15H2,1-4H3,(H,31,33). The number of hydrogen-bond donors (Lipinski definition) is 3. The first kappa shape index (κ1) is 27.6. The van der Waals surface area contributed by atoms with E-state index in [1.54, 1.807) is 0 Å². The Morgan fingerprint density at radius 2 is 1.76 bits per heavy atom. The first-order chi connectivity index (χ1) is 17.3. The molecule has 2 fully saturated rings. The summed E-state index contributed by atoms with van der Waals surface area (Å²) in [6.45, 7) is 5.62. The van der Waals surface area contributed by atoms with Gasteiger partial charge in [-0.25, -0.2) is 17.2 Å². The monoisotopic (exact) mass is 535 g/mol. The van der Waals surface area contributed by atoms with E-state index in [0.717, 1.165) is 17.2 Å². The molecule has 1 aliphatic carbocycles. The smallest absolute Gasteiger partial charge is 0.217 e. The largest absolute Gasteiger partial charge is 0.390 e. The predicted molar refractivity (Wildman–Crippen MR) is 137 cm³/mol. The van der Waals surface area contributed by atoms with Crippen molar-refractivity contribution in [3.8, 4) is 0 Å². The van der Waals surface area contributed by atoms with E-state index in [-0.39, 0.29) is 31.0 Å². The van der Waals surface area contributed by atoms with Gasteiger partial charge in [0.1, 0.15) is 11.6 Å². The highest BCUT2D eigenvalue weighted by molar-refractivity contribution is 7.88. The summed E-state index contributed by atoms with van der Waals surface area (Å²) in [5.41, 5.74) is 1.94. The number of rotatable bonds is 10. The second-order valence-corrected chi connectivity index (χ2v) is 12.6. The van der Waals surface area contributed by atoms with Crippen LogP contribution in [-0.2, 0) is 26.8 Å². The van der Waals surface area contributed by atoms with E-state index in [0.29, 0.717) is 24.3 Å². The molecule has 2 aromatic carbocycles. The van der Waals surface area contributed by atoms with Crippen LogP contribution in [0.3, 0.4) is 0 Å². The Kier molecular flexibility index (Phi) is 7.77. The second-order valence-electron chi connectivity index (χ2n) is 10.7. The van der Waals surface area contributed by atoms with Gasteiger partial charge in [0, 0.05) is 37.2 Å². The quantitative estimate of drug-likeness (QED) is 0.407. The van der Waals surface area contributed by atoms with Gasteiger partial charge >= 0.3 is 0 Å². The molecule has 3 N–H and O–H groups in total. The van der Waals surface area contributed by atoms with Gasteiger partial charge in [0.25, 0.3) is 0 Å². The normalized spacial score (nSPS) is 26.5. The molecule has 1 heterocycles. The lowest BCUT2D eigenvalue weighted by Gasteiger charge is -2.36. The van der Waals surface area contributed by atoms with Gasteiger partial charge in [-0.1, -0.05) is 38.1 Å². The first-order valence-electron chi connectivity index (χ1n) is 12.5. The van der Waals surface area contributed by atoms with Crippen LogP contribution < -0.4 is 10.6 Å². The number of amides is 1. The van der Waals surface area contributed by atoms with Crippen molar-refractivity contribution >= 4 is 15.9 Å². The van der Waals surface area contributed by atoms with Crippen molar-refractivity contribution in [1.82, 2.24) is 14.9 Å². The molecular formula is C27H35F2N3O4S. The van der Waals surface area contributed by atoms with Gasteiger partial charge in [0.05, 0.1) is 18.4 Å². The van der Waals surface area contributed by atoms with Gasteiger partial charge in [-0.05, 0) is 54.0 Å². The molecular weight excluding hydrogens is 500 g/mol. The minimum Gasteiger partial charge on any atom is -0.390 e. The lowest BCUT2D eigenvalue weighted by Crippen LogP contribution is -2.52. The highest BCUT2D eigenvalue weighted by atomic mass is 32.2. The summed E-state index contributed by atoms with van der Waals surface area (Å²) in [4.78, 5) is 11.9. The van der Waals surface area contributed by atoms with Crippen LogP contribution in [0.4, 0.5) is 8.78 Å². The maximum Gasteiger partial charge on any atom is 0.217 e. The molecule has 202 valence electrons. The Bertz CT molecular complexity index is 1240. The highest BCUT2D eigenvalue weighted by Crippen LogP contribution is 2.53. The zero-order chi connectivity index (χ0) is 27.1. The lowest BCUT2D eigenvalue weighted by atomic mass is 9.84. The van der Waals surface area contributed by atoms with Crippen molar-refractivity contribution in [2.24, 2.45) is 0 Å². The van der Waals surface area contributed by atoms with Gasteiger partial charge in [-0.15, -0.1) is 0 Å². The van der Waals surface area contributed by atoms with E-state index in [9.17, 15) is 27.1 Å². The highest BCUT2D eigenvalue weighted by Gasteiger charge is 2.64. The van der Waals surface area contributed by atoms with Gasteiger partial charge in [0.2, 0.25) is 15.9 Å². The van der Waals surface area contributed by atoms with E-state index in [1.807, 2.05) is 12.1 Å². The van der Waals surface area contributed by atoms with Crippen LogP contribution in [0.15, 0.2) is 42.5 Å². The third-order valence-electron chi connectivity index (χ3n) is 7.49. The molecule has 2 aliphatic rings. The Morgan fingerprint density at radius 1 is 1.14 bits per heavy atom. The minimum absolute atomic E-state index is 0.0417. The van der Waals surface area contributed by atoms with Gasteiger partial charge in [-0.3, -0.25) is 4.79 Å². The molecule has 37 heavy (non-hydrogen) atoms. The molecule has 7 nitrogen and oxygen atoms in total. The minimum atomic E-state index is -3.30. The van der Waals surface area contributed by atoms with Crippen molar-refractivity contribution in [1.29, 1.82) is 0 Å². The molecule has 2 aromatic rings. The van der Waals surface area contributed by atoms with E-state index >= 15 is 0 Å². The number of piperidine rings is 1. The Hall–Kier alpha value is -2.40. The molecule has 10 heteroatoms. The second kappa shape index (κ2) is 10.4. The number of aliphatic hydroxyl groups excluding tert-OH is 1. The zero-order valence-corrected chi connectivity index (χ0v) is 22.4. The third-order valence-corrected chi connectivity index (χ3v) is 8.80. The summed E-state index contributed by atoms with van der Waals surface area (Å²) in [6, 6.07) is 10.3. The molecule has 0 aromatic heterocycles. The summed E-state index contributed by atoms with van der Waals surface area (Å²) < 4.78 is 53.3. The number of nitrogens with zero attached hydrogens (tertiary/aromatic N) is 1. The van der Waals surface area contributed by atoms with Gasteiger partial charge in [-0.2, -0.15) is 4.31 Å². The first-order valence-corrected chi connectivity index (χ1v) is 14.4. The molecule has 4 unspecified atom stereocenters. The zero-order valence-electron chi connectivity index (χ0n) is 21.5. The maximum absolute atomic E-state index is 13.7. The van der Waals surface area contributed by atoms with Crippen molar-refractivity contribution < 1.29 is 27.1 Å². The van der Waals surface area contributed by atoms with E-state index in [4.69, 9.17) is 0 Å². The molecule has 4 atom stereocenters. The Labute approximate surface area is 217 Å². The number of nitrogens with one attached hydrogen (secondary N) is 2. The average Bonchev–Trinajstić information content (AvgIpc) is 3.34. The SMILES string of the molecule is CC(=O)NC(Cc1cc(F)cc(F)c1)C(O)CNC1(c2cccc(C(C)C)c2)CC2C(C1)N2S(C)(=O)=O. The van der Waals surface area contributed by atoms with Crippen LogP contribution in [0.5, 0.6) is 0 Å². The summed E-state index contributed by atoms with van der Waals surface area (Å²) in [7, 11) is -3.30. The number of carbonyl (C=O) groups excluding carboxylic acids is 1. The Morgan fingerprint density at radius 3 is 2.30 bits per heavy atom. The molecule has 0 spiro atoms. The van der Waals surface area contributed by atoms with Gasteiger partial charge < -0.3 is 15.7 Å². The van der Waals surface area contributed by atoms with E-state index in [2.05, 4.69) is 36.6 Å². The molecule has 0 radical (unpaired) electrons. The Balaban J connectivity index is 1.56. The van der Waals surface area contributed by atoms with E-state index < -0.39 is 39.3 Å². The summed E-state index contributed by atoms with van der Waals surface area (Å²) >= 11 is 0. The number of halogens is 2. The number of fused-ring (bicyclic) bond motifs is 1. The van der Waals surface area contributed by atoms with E-state index in [1.165, 1.54) is 29.6 Å². The van der Waals surface area contributed by atoms with Crippen LogP contribution in [0.2, 0.25) is 0 Å². The number of hydrogen-bond acceptors (Lipinski definition) is 5. The number of carbonyl (C=O) groups is 1. The summed E-state index contributed by atoms with van der Waals surface area (Å²) in [6.07, 6.45) is 1.30. The lowest BCUT2D eigenvalue weighted by molar-refractivity contribution is -0.120. The van der Waals surface area contributed by atoms with Crippen LogP contribution in [0.25, 0.3) is 0 Å². The van der Waals surface area contributed by atoms with Crippen molar-refractivity contribution in [3.63, 3.8) is 0 Å². The van der Waals surface area contributed by atoms with Crippen LogP contribution in [0, 0.1) is 11.6 Å². The van der Waals surface area contributed by atoms with Crippen molar-refractivity contribution in [3.05, 3.63) is 70.8 Å². The summed E-state index contributed by atoms with van der Waals surface area (Å²) in [5.74, 6) is -1.52. The van der Waals surface area contributed by atoms with Gasteiger partial charge in [0.15, 0.2) is 0 Å². The molecule has 4 rings (SSSR count). The van der Waals surface area contributed by atoms with Crippen LogP contribution >= 0.6 is 0 Å². The number of aliphatic hydroxyl groups is 1. The molecule has 0 bridgehead atoms. The fraction of sp³-hybridized carbons (Fsp3) is 0.519. The topological polar surface area (TPSA) is 98.5 Å². The summed E-state index contributed by atoms with van der Waals surface area (Å²) in [5, 5.41) is 17.3. The predicted octanol–water partition coefficient (Wildman–Crippen LogP) is 2.79. The maximum atomic E-state index is 13.7. The number of sulfonamides is 1. The van der Waals surface area contributed by atoms with Crippen molar-refractivity contribution in [2.75, 3.05) is 12.8 Å². The number of benzene rings is 2. The third kappa shape index (κ3) is 6.19.